The summed E-state index contributed by atoms with van der Waals surface area (Å²) in [5.74, 6) is -0.789. The van der Waals surface area contributed by atoms with Crippen LogP contribution in [0.5, 0.6) is 0 Å². The number of ketones is 1. The number of rotatable bonds is 6. The molecule has 1 amide bonds. The second kappa shape index (κ2) is 5.90. The highest BCUT2D eigenvalue weighted by atomic mass is 16.5. The lowest BCUT2D eigenvalue weighted by molar-refractivity contribution is -0.144. The molecule has 6 heteroatoms. The second-order valence-electron chi connectivity index (χ2n) is 4.83. The lowest BCUT2D eigenvalue weighted by Crippen LogP contribution is -2.38. The average Bonchev–Trinajstić information content (AvgIpc) is 3.11. The first-order valence-electron chi connectivity index (χ1n) is 6.69. The molecule has 1 fully saturated rings. The van der Waals surface area contributed by atoms with E-state index in [2.05, 4.69) is 4.98 Å². The van der Waals surface area contributed by atoms with E-state index in [9.17, 15) is 14.4 Å². The van der Waals surface area contributed by atoms with Gasteiger partial charge >= 0.3 is 5.97 Å². The molecule has 2 rings (SSSR count). The van der Waals surface area contributed by atoms with Gasteiger partial charge in [-0.3, -0.25) is 14.4 Å². The molecule has 0 atom stereocenters. The Kier molecular flexibility index (Phi) is 4.22. The number of hydrogen-bond acceptors (Lipinski definition) is 4. The lowest BCUT2D eigenvalue weighted by atomic mass is 10.2. The molecule has 0 saturated heterocycles. The Morgan fingerprint density at radius 1 is 1.40 bits per heavy atom. The van der Waals surface area contributed by atoms with Crippen LogP contribution in [0, 0.1) is 0 Å². The van der Waals surface area contributed by atoms with Crippen molar-refractivity contribution in [3.8, 4) is 0 Å². The number of carbonyl (C=O) groups is 3. The van der Waals surface area contributed by atoms with Gasteiger partial charge in [0.1, 0.15) is 12.2 Å². The minimum Gasteiger partial charge on any atom is -0.465 e. The van der Waals surface area contributed by atoms with E-state index < -0.39 is 5.97 Å². The number of H-pyrrole nitrogens is 1. The molecule has 20 heavy (non-hydrogen) atoms. The van der Waals surface area contributed by atoms with Crippen LogP contribution in [0.1, 0.15) is 47.5 Å². The summed E-state index contributed by atoms with van der Waals surface area (Å²) in [6.45, 7) is 3.41. The number of amides is 1. The maximum Gasteiger partial charge on any atom is 0.325 e. The summed E-state index contributed by atoms with van der Waals surface area (Å²) in [6, 6.07) is 1.61. The number of esters is 1. The average molecular weight is 278 g/mol. The first kappa shape index (κ1) is 14.3. The molecule has 1 saturated carbocycles. The Bertz CT molecular complexity index is 531. The van der Waals surface area contributed by atoms with Gasteiger partial charge in [-0.25, -0.2) is 0 Å². The zero-order chi connectivity index (χ0) is 14.7. The van der Waals surface area contributed by atoms with Crippen molar-refractivity contribution in [2.45, 2.75) is 32.7 Å². The van der Waals surface area contributed by atoms with Crippen LogP contribution >= 0.6 is 0 Å². The van der Waals surface area contributed by atoms with E-state index in [-0.39, 0.29) is 24.3 Å². The van der Waals surface area contributed by atoms with E-state index >= 15 is 0 Å². The summed E-state index contributed by atoms with van der Waals surface area (Å²) in [7, 11) is 0. The van der Waals surface area contributed by atoms with Crippen LogP contribution in [0.25, 0.3) is 0 Å². The van der Waals surface area contributed by atoms with Crippen molar-refractivity contribution in [1.82, 2.24) is 9.88 Å². The van der Waals surface area contributed by atoms with Crippen LogP contribution in [-0.2, 0) is 9.53 Å². The highest BCUT2D eigenvalue weighted by Crippen LogP contribution is 2.28. The van der Waals surface area contributed by atoms with Crippen LogP contribution in [0.15, 0.2) is 12.3 Å². The van der Waals surface area contributed by atoms with Gasteiger partial charge in [0.05, 0.1) is 6.61 Å². The van der Waals surface area contributed by atoms with Crippen LogP contribution in [0.4, 0.5) is 0 Å². The number of nitrogens with one attached hydrogen (secondary N) is 1. The predicted molar refractivity (Wildman–Crippen MR) is 71.5 cm³/mol. The Hall–Kier alpha value is -2.11. The fraction of sp³-hybridized carbons (Fsp3) is 0.500. The Morgan fingerprint density at radius 3 is 2.60 bits per heavy atom. The van der Waals surface area contributed by atoms with Gasteiger partial charge in [-0.05, 0) is 32.8 Å². The van der Waals surface area contributed by atoms with Crippen LogP contribution in [0.2, 0.25) is 0 Å². The molecule has 0 bridgehead atoms. The molecule has 1 aliphatic rings. The molecule has 108 valence electrons. The maximum atomic E-state index is 12.4. The lowest BCUT2D eigenvalue weighted by Gasteiger charge is -2.20. The number of aromatic nitrogens is 1. The molecule has 0 unspecified atom stereocenters. The Balaban J connectivity index is 2.10. The van der Waals surface area contributed by atoms with Crippen LogP contribution < -0.4 is 0 Å². The first-order valence-corrected chi connectivity index (χ1v) is 6.69. The molecule has 0 spiro atoms. The number of nitrogens with zero attached hydrogens (tertiary/aromatic N) is 1. The molecule has 1 aromatic heterocycles. The van der Waals surface area contributed by atoms with Crippen molar-refractivity contribution in [1.29, 1.82) is 0 Å². The van der Waals surface area contributed by atoms with E-state index in [4.69, 9.17) is 4.74 Å². The van der Waals surface area contributed by atoms with Crippen molar-refractivity contribution in [3.05, 3.63) is 23.5 Å². The highest BCUT2D eigenvalue weighted by Gasteiger charge is 2.35. The van der Waals surface area contributed by atoms with Crippen molar-refractivity contribution in [3.63, 3.8) is 0 Å². The first-order chi connectivity index (χ1) is 9.52. The quantitative estimate of drug-likeness (QED) is 0.630. The van der Waals surface area contributed by atoms with Gasteiger partial charge in [0.15, 0.2) is 5.78 Å². The van der Waals surface area contributed by atoms with E-state index in [0.717, 1.165) is 12.8 Å². The third-order valence-electron chi connectivity index (χ3n) is 3.17. The smallest absolute Gasteiger partial charge is 0.325 e. The summed E-state index contributed by atoms with van der Waals surface area (Å²) < 4.78 is 4.88. The molecular formula is C14H18N2O4. The number of Topliss-reactive ketones (excluding diaryl/α,β-unsaturated/α-hetero) is 1. The monoisotopic (exact) mass is 278 g/mol. The molecule has 0 aromatic carbocycles. The Morgan fingerprint density at radius 2 is 2.10 bits per heavy atom. The molecule has 1 aromatic rings. The molecule has 6 nitrogen and oxygen atoms in total. The summed E-state index contributed by atoms with van der Waals surface area (Å²) >= 11 is 0. The fourth-order valence-electron chi connectivity index (χ4n) is 1.97. The van der Waals surface area contributed by atoms with Crippen LogP contribution in [-0.4, -0.2) is 46.7 Å². The van der Waals surface area contributed by atoms with Gasteiger partial charge in [0.25, 0.3) is 5.91 Å². The van der Waals surface area contributed by atoms with Crippen molar-refractivity contribution in [2.24, 2.45) is 0 Å². The van der Waals surface area contributed by atoms with Crippen molar-refractivity contribution >= 4 is 17.7 Å². The molecule has 0 radical (unpaired) electrons. The standard InChI is InChI=1S/C14H18N2O4/c1-3-20-13(18)8-16(11-4-5-11)14(19)12-6-10(7-15-12)9(2)17/h6-7,11,15H,3-5,8H2,1-2H3. The molecule has 1 aliphatic carbocycles. The van der Waals surface area contributed by atoms with Gasteiger partial charge in [-0.15, -0.1) is 0 Å². The number of carbonyl (C=O) groups excluding carboxylic acids is 3. The third-order valence-corrected chi connectivity index (χ3v) is 3.17. The van der Waals surface area contributed by atoms with Crippen LogP contribution in [0.3, 0.4) is 0 Å². The van der Waals surface area contributed by atoms with Gasteiger partial charge in [0.2, 0.25) is 0 Å². The summed E-state index contributed by atoms with van der Waals surface area (Å²) in [4.78, 5) is 39.5. The molecule has 1 N–H and O–H groups in total. The number of aromatic amines is 1. The minimum atomic E-state index is -0.411. The molecule has 1 heterocycles. The van der Waals surface area contributed by atoms with E-state index in [1.54, 1.807) is 6.92 Å². The number of ether oxygens (including phenoxy) is 1. The Labute approximate surface area is 117 Å². The second-order valence-corrected chi connectivity index (χ2v) is 4.83. The summed E-state index contributed by atoms with van der Waals surface area (Å²) in [5, 5.41) is 0. The number of hydrogen-bond donors (Lipinski definition) is 1. The predicted octanol–water partition coefficient (Wildman–Crippen LogP) is 1.38. The zero-order valence-electron chi connectivity index (χ0n) is 11.6. The van der Waals surface area contributed by atoms with Gasteiger partial charge in [-0.2, -0.15) is 0 Å². The summed E-state index contributed by atoms with van der Waals surface area (Å²) in [5.41, 5.74) is 0.784. The molecular weight excluding hydrogens is 260 g/mol. The van der Waals surface area contributed by atoms with Crippen molar-refractivity contribution in [2.75, 3.05) is 13.2 Å². The van der Waals surface area contributed by atoms with E-state index in [0.29, 0.717) is 17.9 Å². The topological polar surface area (TPSA) is 79.5 Å². The van der Waals surface area contributed by atoms with E-state index in [1.165, 1.54) is 24.1 Å². The van der Waals surface area contributed by atoms with Gasteiger partial charge < -0.3 is 14.6 Å². The maximum absolute atomic E-state index is 12.4. The third kappa shape index (κ3) is 3.26. The SMILES string of the molecule is CCOC(=O)CN(C(=O)c1cc(C(C)=O)c[nH]1)C1CC1. The normalized spacial score (nSPS) is 13.9. The van der Waals surface area contributed by atoms with Crippen molar-refractivity contribution < 1.29 is 19.1 Å². The zero-order valence-corrected chi connectivity index (χ0v) is 11.6. The van der Waals surface area contributed by atoms with Gasteiger partial charge in [-0.1, -0.05) is 0 Å². The van der Waals surface area contributed by atoms with E-state index in [1.807, 2.05) is 0 Å². The summed E-state index contributed by atoms with van der Waals surface area (Å²) in [6.07, 6.45) is 3.29. The van der Waals surface area contributed by atoms with Gasteiger partial charge in [0, 0.05) is 17.8 Å². The minimum absolute atomic E-state index is 0.0498. The molecule has 0 aliphatic heterocycles. The largest absolute Gasteiger partial charge is 0.465 e. The highest BCUT2D eigenvalue weighted by molar-refractivity contribution is 6.00. The fourth-order valence-corrected chi connectivity index (χ4v) is 1.97.